The highest BCUT2D eigenvalue weighted by Gasteiger charge is 2.20. The van der Waals surface area contributed by atoms with Crippen molar-refractivity contribution in [3.8, 4) is 0 Å². The van der Waals surface area contributed by atoms with Crippen LogP contribution in [0.25, 0.3) is 0 Å². The molecule has 1 aromatic carbocycles. The standard InChI is InChI=1S/C15H20BrN3/c1-9(2)19-15(13(16)8-18-19)14(17)12-6-10(3)5-11(4)7-12/h5-9,14H,17H2,1-4H3. The molecule has 3 nitrogen and oxygen atoms in total. The van der Waals surface area contributed by atoms with Crippen LogP contribution >= 0.6 is 15.9 Å². The average molecular weight is 322 g/mol. The van der Waals surface area contributed by atoms with Crippen LogP contribution in [0.2, 0.25) is 0 Å². The van der Waals surface area contributed by atoms with E-state index in [4.69, 9.17) is 5.73 Å². The van der Waals surface area contributed by atoms with Gasteiger partial charge < -0.3 is 5.73 Å². The summed E-state index contributed by atoms with van der Waals surface area (Å²) in [5.41, 5.74) is 11.1. The van der Waals surface area contributed by atoms with Crippen molar-refractivity contribution < 1.29 is 0 Å². The number of hydrogen-bond donors (Lipinski definition) is 1. The van der Waals surface area contributed by atoms with Crippen LogP contribution in [0.3, 0.4) is 0 Å². The highest BCUT2D eigenvalue weighted by atomic mass is 79.9. The third kappa shape index (κ3) is 2.90. The molecule has 0 fully saturated rings. The van der Waals surface area contributed by atoms with Gasteiger partial charge in [0.1, 0.15) is 0 Å². The molecule has 19 heavy (non-hydrogen) atoms. The molecular weight excluding hydrogens is 302 g/mol. The first-order valence-corrected chi connectivity index (χ1v) is 7.26. The highest BCUT2D eigenvalue weighted by molar-refractivity contribution is 9.10. The van der Waals surface area contributed by atoms with Gasteiger partial charge in [0, 0.05) is 6.04 Å². The molecule has 0 aliphatic carbocycles. The maximum atomic E-state index is 6.45. The van der Waals surface area contributed by atoms with Crippen LogP contribution in [-0.2, 0) is 0 Å². The zero-order chi connectivity index (χ0) is 14.2. The molecular formula is C15H20BrN3. The van der Waals surface area contributed by atoms with E-state index in [0.29, 0.717) is 6.04 Å². The van der Waals surface area contributed by atoms with Gasteiger partial charge in [-0.05, 0) is 49.2 Å². The molecule has 0 aliphatic heterocycles. The number of hydrogen-bond acceptors (Lipinski definition) is 2. The van der Waals surface area contributed by atoms with Crippen molar-refractivity contribution in [1.82, 2.24) is 9.78 Å². The fraction of sp³-hybridized carbons (Fsp3) is 0.400. The van der Waals surface area contributed by atoms with Gasteiger partial charge in [0.2, 0.25) is 0 Å². The highest BCUT2D eigenvalue weighted by Crippen LogP contribution is 2.29. The van der Waals surface area contributed by atoms with Gasteiger partial charge in [0.15, 0.2) is 0 Å². The van der Waals surface area contributed by atoms with E-state index in [0.717, 1.165) is 15.7 Å². The molecule has 0 saturated carbocycles. The molecule has 0 amide bonds. The van der Waals surface area contributed by atoms with E-state index in [2.05, 4.69) is 66.9 Å². The molecule has 1 unspecified atom stereocenters. The van der Waals surface area contributed by atoms with E-state index in [1.807, 2.05) is 10.9 Å². The lowest BCUT2D eigenvalue weighted by molar-refractivity contribution is 0.498. The van der Waals surface area contributed by atoms with E-state index in [9.17, 15) is 0 Å². The molecule has 1 heterocycles. The number of nitrogens with two attached hydrogens (primary N) is 1. The normalized spacial score (nSPS) is 13.0. The van der Waals surface area contributed by atoms with Crippen LogP contribution in [0, 0.1) is 13.8 Å². The third-order valence-electron chi connectivity index (χ3n) is 3.17. The fourth-order valence-corrected chi connectivity index (χ4v) is 2.92. The monoisotopic (exact) mass is 321 g/mol. The van der Waals surface area contributed by atoms with Gasteiger partial charge in [-0.3, -0.25) is 4.68 Å². The van der Waals surface area contributed by atoms with Gasteiger partial charge in [-0.2, -0.15) is 5.10 Å². The Hall–Kier alpha value is -1.13. The van der Waals surface area contributed by atoms with E-state index in [-0.39, 0.29) is 6.04 Å². The molecule has 0 spiro atoms. The summed E-state index contributed by atoms with van der Waals surface area (Å²) in [6.45, 7) is 8.41. The summed E-state index contributed by atoms with van der Waals surface area (Å²) >= 11 is 3.56. The van der Waals surface area contributed by atoms with Crippen LogP contribution in [0.4, 0.5) is 0 Å². The summed E-state index contributed by atoms with van der Waals surface area (Å²) in [4.78, 5) is 0. The van der Waals surface area contributed by atoms with Crippen molar-refractivity contribution in [3.05, 3.63) is 51.3 Å². The van der Waals surface area contributed by atoms with E-state index < -0.39 is 0 Å². The summed E-state index contributed by atoms with van der Waals surface area (Å²) in [6, 6.07) is 6.56. The lowest BCUT2D eigenvalue weighted by Gasteiger charge is -2.18. The maximum absolute atomic E-state index is 6.45. The Labute approximate surface area is 122 Å². The van der Waals surface area contributed by atoms with Crippen molar-refractivity contribution in [2.24, 2.45) is 5.73 Å². The quantitative estimate of drug-likeness (QED) is 0.931. The van der Waals surface area contributed by atoms with E-state index >= 15 is 0 Å². The van der Waals surface area contributed by atoms with Crippen LogP contribution < -0.4 is 5.73 Å². The second-order valence-electron chi connectivity index (χ2n) is 5.31. The first-order chi connectivity index (χ1) is 8.90. The van der Waals surface area contributed by atoms with Crippen LogP contribution in [0.15, 0.2) is 28.9 Å². The minimum absolute atomic E-state index is 0.169. The Kier molecular flexibility index (Phi) is 4.11. The molecule has 1 atom stereocenters. The van der Waals surface area contributed by atoms with Crippen molar-refractivity contribution in [1.29, 1.82) is 0 Å². The molecule has 2 N–H and O–H groups in total. The minimum Gasteiger partial charge on any atom is -0.319 e. The Bertz CT molecular complexity index is 567. The molecule has 0 aliphatic rings. The number of aromatic nitrogens is 2. The lowest BCUT2D eigenvalue weighted by atomic mass is 9.99. The Morgan fingerprint density at radius 2 is 1.74 bits per heavy atom. The summed E-state index contributed by atoms with van der Waals surface area (Å²) in [5, 5.41) is 4.40. The SMILES string of the molecule is Cc1cc(C)cc(C(N)c2c(Br)cnn2C(C)C)c1. The van der Waals surface area contributed by atoms with Gasteiger partial charge in [0.05, 0.1) is 22.4 Å². The molecule has 0 saturated heterocycles. The van der Waals surface area contributed by atoms with E-state index in [1.165, 1.54) is 11.1 Å². The van der Waals surface area contributed by atoms with Crippen molar-refractivity contribution in [2.45, 2.75) is 39.8 Å². The number of aryl methyl sites for hydroxylation is 2. The molecule has 0 radical (unpaired) electrons. The predicted octanol–water partition coefficient (Wildman–Crippen LogP) is 3.89. The van der Waals surface area contributed by atoms with Crippen molar-refractivity contribution in [2.75, 3.05) is 0 Å². The van der Waals surface area contributed by atoms with Crippen molar-refractivity contribution >= 4 is 15.9 Å². The van der Waals surface area contributed by atoms with Gasteiger partial charge >= 0.3 is 0 Å². The molecule has 1 aromatic heterocycles. The van der Waals surface area contributed by atoms with Crippen LogP contribution in [0.1, 0.15) is 48.3 Å². The van der Waals surface area contributed by atoms with Crippen LogP contribution in [0.5, 0.6) is 0 Å². The smallest absolute Gasteiger partial charge is 0.0741 e. The number of nitrogens with zero attached hydrogens (tertiary/aromatic N) is 2. The molecule has 102 valence electrons. The summed E-state index contributed by atoms with van der Waals surface area (Å²) in [6.07, 6.45) is 1.82. The zero-order valence-electron chi connectivity index (χ0n) is 11.8. The van der Waals surface area contributed by atoms with Gasteiger partial charge in [0.25, 0.3) is 0 Å². The van der Waals surface area contributed by atoms with Gasteiger partial charge in [-0.1, -0.05) is 29.3 Å². The van der Waals surface area contributed by atoms with Gasteiger partial charge in [-0.15, -0.1) is 0 Å². The molecule has 0 bridgehead atoms. The molecule has 2 rings (SSSR count). The largest absolute Gasteiger partial charge is 0.319 e. The predicted molar refractivity (Wildman–Crippen MR) is 82.3 cm³/mol. The molecule has 4 heteroatoms. The number of rotatable bonds is 3. The number of benzene rings is 1. The first kappa shape index (κ1) is 14.3. The minimum atomic E-state index is -0.169. The summed E-state index contributed by atoms with van der Waals surface area (Å²) in [7, 11) is 0. The Balaban J connectivity index is 2.49. The Morgan fingerprint density at radius 1 is 1.16 bits per heavy atom. The van der Waals surface area contributed by atoms with Crippen molar-refractivity contribution in [3.63, 3.8) is 0 Å². The second kappa shape index (κ2) is 5.47. The lowest BCUT2D eigenvalue weighted by Crippen LogP contribution is -2.19. The maximum Gasteiger partial charge on any atom is 0.0741 e. The molecule has 2 aromatic rings. The zero-order valence-corrected chi connectivity index (χ0v) is 13.4. The fourth-order valence-electron chi connectivity index (χ4n) is 2.40. The average Bonchev–Trinajstić information content (AvgIpc) is 2.69. The van der Waals surface area contributed by atoms with Gasteiger partial charge in [-0.25, -0.2) is 0 Å². The first-order valence-electron chi connectivity index (χ1n) is 6.47. The van der Waals surface area contributed by atoms with E-state index in [1.54, 1.807) is 0 Å². The topological polar surface area (TPSA) is 43.8 Å². The number of halogens is 1. The van der Waals surface area contributed by atoms with Crippen LogP contribution in [-0.4, -0.2) is 9.78 Å². The third-order valence-corrected chi connectivity index (χ3v) is 3.78. The Morgan fingerprint density at radius 3 is 2.26 bits per heavy atom. The second-order valence-corrected chi connectivity index (χ2v) is 6.17. The summed E-state index contributed by atoms with van der Waals surface area (Å²) < 4.78 is 2.94. The summed E-state index contributed by atoms with van der Waals surface area (Å²) in [5.74, 6) is 0.